The maximum absolute atomic E-state index is 13.2. The quantitative estimate of drug-likeness (QED) is 0.282. The third kappa shape index (κ3) is 3.59. The molecule has 3 aliphatic rings. The number of Topliss-reactive ketones (excluding diaryl/α,β-unsaturated/α-hetero) is 1. The number of nitrogens with zero attached hydrogens (tertiary/aromatic N) is 1. The first kappa shape index (κ1) is 21.5. The molecule has 5 heteroatoms. The van der Waals surface area contributed by atoms with Crippen molar-refractivity contribution in [3.63, 3.8) is 0 Å². The maximum Gasteiger partial charge on any atom is 0.238 e. The van der Waals surface area contributed by atoms with Gasteiger partial charge in [0.25, 0.3) is 0 Å². The minimum Gasteiger partial charge on any atom is -0.485 e. The van der Waals surface area contributed by atoms with Gasteiger partial charge < -0.3 is 4.74 Å². The fraction of sp³-hybridized carbons (Fsp3) is 0.233. The molecule has 1 saturated heterocycles. The minimum atomic E-state index is -0.249. The molecule has 2 bridgehead atoms. The molecule has 6 rings (SSSR count). The predicted octanol–water partition coefficient (Wildman–Crippen LogP) is 5.32. The molecule has 35 heavy (non-hydrogen) atoms. The van der Waals surface area contributed by atoms with E-state index in [1.807, 2.05) is 42.5 Å². The standard InChI is InChI=1S/C30H25NO4/c1-18-14-22-15-25(18)28-27(22)29(33)31(30(28)34)23-8-5-9-24(16-23)35-17-26(32)21-12-10-20(11-13-21)19-6-3-2-4-7-19/h2-14,16,22,25,27-28H,15,17H2,1H3/t22-,25+,27+,28+/m0/s1. The van der Waals surface area contributed by atoms with E-state index in [0.29, 0.717) is 17.0 Å². The largest absolute Gasteiger partial charge is 0.485 e. The van der Waals surface area contributed by atoms with Crippen LogP contribution in [0.5, 0.6) is 5.75 Å². The first-order valence-electron chi connectivity index (χ1n) is 12.0. The second kappa shape index (κ2) is 8.35. The molecule has 2 aliphatic carbocycles. The lowest BCUT2D eigenvalue weighted by Gasteiger charge is -2.19. The average molecular weight is 464 g/mol. The molecule has 174 valence electrons. The summed E-state index contributed by atoms with van der Waals surface area (Å²) in [6.07, 6.45) is 3.07. The Kier molecular flexibility index (Phi) is 5.14. The number of ketones is 1. The Bertz CT molecular complexity index is 1360. The Hall–Kier alpha value is -3.99. The van der Waals surface area contributed by atoms with E-state index in [9.17, 15) is 14.4 Å². The SMILES string of the molecule is CC1=C[C@H]2C[C@H]1[C@H]1C(=O)N(c3cccc(OCC(=O)c4ccc(-c5ccccc5)cc4)c3)C(=O)[C@@H]12. The molecule has 1 aliphatic heterocycles. The molecule has 0 unspecified atom stereocenters. The van der Waals surface area contributed by atoms with Crippen LogP contribution in [0.2, 0.25) is 0 Å². The van der Waals surface area contributed by atoms with Gasteiger partial charge in [-0.1, -0.05) is 72.3 Å². The second-order valence-electron chi connectivity index (χ2n) is 9.63. The van der Waals surface area contributed by atoms with Crippen LogP contribution < -0.4 is 9.64 Å². The Morgan fingerprint density at radius 2 is 1.60 bits per heavy atom. The van der Waals surface area contributed by atoms with Crippen LogP contribution in [-0.2, 0) is 9.59 Å². The molecule has 4 atom stereocenters. The van der Waals surface area contributed by atoms with Crippen molar-refractivity contribution in [2.24, 2.45) is 23.7 Å². The number of rotatable bonds is 6. The molecule has 1 saturated carbocycles. The summed E-state index contributed by atoms with van der Waals surface area (Å²) < 4.78 is 5.76. The van der Waals surface area contributed by atoms with Crippen LogP contribution in [0.1, 0.15) is 23.7 Å². The van der Waals surface area contributed by atoms with Gasteiger partial charge in [0.2, 0.25) is 11.8 Å². The number of carbonyl (C=O) groups is 3. The van der Waals surface area contributed by atoms with E-state index in [1.54, 1.807) is 36.4 Å². The van der Waals surface area contributed by atoms with Gasteiger partial charge in [-0.15, -0.1) is 0 Å². The van der Waals surface area contributed by atoms with Gasteiger partial charge in [0.1, 0.15) is 5.75 Å². The van der Waals surface area contributed by atoms with Crippen molar-refractivity contribution in [3.05, 3.63) is 96.1 Å². The van der Waals surface area contributed by atoms with E-state index in [0.717, 1.165) is 17.5 Å². The summed E-state index contributed by atoms with van der Waals surface area (Å²) in [7, 11) is 0. The fourth-order valence-corrected chi connectivity index (χ4v) is 5.95. The van der Waals surface area contributed by atoms with E-state index in [4.69, 9.17) is 4.74 Å². The van der Waals surface area contributed by atoms with Crippen LogP contribution in [0.15, 0.2) is 90.5 Å². The third-order valence-corrected chi connectivity index (χ3v) is 7.64. The predicted molar refractivity (Wildman–Crippen MR) is 133 cm³/mol. The summed E-state index contributed by atoms with van der Waals surface area (Å²) in [4.78, 5) is 40.4. The number of allylic oxidation sites excluding steroid dienone is 2. The van der Waals surface area contributed by atoms with Crippen LogP contribution in [-0.4, -0.2) is 24.2 Å². The van der Waals surface area contributed by atoms with Crippen molar-refractivity contribution in [2.75, 3.05) is 11.5 Å². The number of ether oxygens (including phenoxy) is 1. The molecule has 5 nitrogen and oxygen atoms in total. The summed E-state index contributed by atoms with van der Waals surface area (Å²) in [5.41, 5.74) is 4.43. The molecule has 0 aromatic heterocycles. The van der Waals surface area contributed by atoms with Crippen LogP contribution in [0, 0.1) is 23.7 Å². The van der Waals surface area contributed by atoms with E-state index in [2.05, 4.69) is 13.0 Å². The molecule has 0 spiro atoms. The van der Waals surface area contributed by atoms with E-state index < -0.39 is 0 Å². The lowest BCUT2D eigenvalue weighted by molar-refractivity contribution is -0.123. The zero-order chi connectivity index (χ0) is 24.1. The fourth-order valence-electron chi connectivity index (χ4n) is 5.95. The zero-order valence-corrected chi connectivity index (χ0v) is 19.4. The van der Waals surface area contributed by atoms with Crippen molar-refractivity contribution in [2.45, 2.75) is 13.3 Å². The van der Waals surface area contributed by atoms with Crippen molar-refractivity contribution in [1.29, 1.82) is 0 Å². The average Bonchev–Trinajstić information content (AvgIpc) is 3.53. The molecule has 0 N–H and O–H groups in total. The Morgan fingerprint density at radius 1 is 0.886 bits per heavy atom. The summed E-state index contributed by atoms with van der Waals surface area (Å²) >= 11 is 0. The van der Waals surface area contributed by atoms with Crippen molar-refractivity contribution >= 4 is 23.3 Å². The van der Waals surface area contributed by atoms with Gasteiger partial charge in [0.15, 0.2) is 12.4 Å². The number of anilines is 1. The lowest BCUT2D eigenvalue weighted by Crippen LogP contribution is -2.32. The van der Waals surface area contributed by atoms with E-state index in [1.165, 1.54) is 10.5 Å². The van der Waals surface area contributed by atoms with Gasteiger partial charge in [-0.25, -0.2) is 4.90 Å². The number of carbonyl (C=O) groups excluding carboxylic acids is 3. The highest BCUT2D eigenvalue weighted by atomic mass is 16.5. The summed E-state index contributed by atoms with van der Waals surface area (Å²) in [6, 6.07) is 24.3. The monoisotopic (exact) mass is 463 g/mol. The van der Waals surface area contributed by atoms with Gasteiger partial charge in [-0.3, -0.25) is 14.4 Å². The molecule has 2 amide bonds. The minimum absolute atomic E-state index is 0.119. The van der Waals surface area contributed by atoms with E-state index >= 15 is 0 Å². The molecule has 1 heterocycles. The summed E-state index contributed by atoms with van der Waals surface area (Å²) in [5.74, 6) is -0.0883. The number of fused-ring (bicyclic) bond motifs is 5. The van der Waals surface area contributed by atoms with Gasteiger partial charge >= 0.3 is 0 Å². The number of hydrogen-bond acceptors (Lipinski definition) is 4. The summed E-state index contributed by atoms with van der Waals surface area (Å²) in [6.45, 7) is 1.93. The third-order valence-electron chi connectivity index (χ3n) is 7.64. The van der Waals surface area contributed by atoms with Crippen LogP contribution in [0.3, 0.4) is 0 Å². The first-order valence-corrected chi connectivity index (χ1v) is 12.0. The van der Waals surface area contributed by atoms with Crippen LogP contribution in [0.4, 0.5) is 5.69 Å². The summed E-state index contributed by atoms with van der Waals surface area (Å²) in [5, 5.41) is 0. The zero-order valence-electron chi connectivity index (χ0n) is 19.4. The Balaban J connectivity index is 1.14. The highest BCUT2D eigenvalue weighted by molar-refractivity contribution is 6.23. The van der Waals surface area contributed by atoms with Crippen molar-refractivity contribution in [3.8, 4) is 16.9 Å². The molecular formula is C30H25NO4. The van der Waals surface area contributed by atoms with Gasteiger partial charge in [0.05, 0.1) is 17.5 Å². The van der Waals surface area contributed by atoms with Gasteiger partial charge in [-0.05, 0) is 48.4 Å². The van der Waals surface area contributed by atoms with Crippen LogP contribution in [0.25, 0.3) is 11.1 Å². The number of hydrogen-bond donors (Lipinski definition) is 0. The highest BCUT2D eigenvalue weighted by Gasteiger charge is 2.60. The molecular weight excluding hydrogens is 438 g/mol. The number of benzene rings is 3. The smallest absolute Gasteiger partial charge is 0.238 e. The first-order chi connectivity index (χ1) is 17.0. The van der Waals surface area contributed by atoms with Crippen molar-refractivity contribution < 1.29 is 19.1 Å². The van der Waals surface area contributed by atoms with E-state index in [-0.39, 0.29) is 47.9 Å². The maximum atomic E-state index is 13.2. The van der Waals surface area contributed by atoms with Gasteiger partial charge in [-0.2, -0.15) is 0 Å². The lowest BCUT2D eigenvalue weighted by atomic mass is 9.82. The Morgan fingerprint density at radius 3 is 2.37 bits per heavy atom. The molecule has 3 aromatic rings. The molecule has 3 aromatic carbocycles. The number of imide groups is 1. The Labute approximate surface area is 204 Å². The van der Waals surface area contributed by atoms with Gasteiger partial charge in [0, 0.05) is 11.6 Å². The molecule has 0 radical (unpaired) electrons. The normalized spacial score (nSPS) is 24.5. The van der Waals surface area contributed by atoms with Crippen molar-refractivity contribution in [1.82, 2.24) is 0 Å². The number of amides is 2. The van der Waals surface area contributed by atoms with Crippen LogP contribution >= 0.6 is 0 Å². The second-order valence-corrected chi connectivity index (χ2v) is 9.63. The topological polar surface area (TPSA) is 63.7 Å². The molecule has 2 fully saturated rings. The highest BCUT2D eigenvalue weighted by Crippen LogP contribution is 2.56.